The van der Waals surface area contributed by atoms with Crippen LogP contribution in [0.15, 0.2) is 55.1 Å². The fourth-order valence-electron chi connectivity index (χ4n) is 3.55. The van der Waals surface area contributed by atoms with Gasteiger partial charge in [0, 0.05) is 23.6 Å². The number of hydrogen-bond acceptors (Lipinski definition) is 3. The number of fused-ring (bicyclic) bond motifs is 1. The molecule has 2 aromatic heterocycles. The van der Waals surface area contributed by atoms with E-state index >= 15 is 0 Å². The molecule has 0 saturated carbocycles. The molecule has 0 radical (unpaired) electrons. The molecule has 148 valence electrons. The van der Waals surface area contributed by atoms with Crippen LogP contribution in [0.1, 0.15) is 29.8 Å². The van der Waals surface area contributed by atoms with Crippen molar-refractivity contribution in [1.29, 1.82) is 0 Å². The van der Waals surface area contributed by atoms with Crippen LogP contribution in [-0.4, -0.2) is 37.6 Å². The normalized spacial score (nSPS) is 12.3. The molecule has 2 heterocycles. The molecule has 4 rings (SSSR count). The summed E-state index contributed by atoms with van der Waals surface area (Å²) in [5.74, 6) is -0.328. The first-order valence-corrected chi connectivity index (χ1v) is 9.41. The van der Waals surface area contributed by atoms with Gasteiger partial charge in [0.15, 0.2) is 0 Å². The third kappa shape index (κ3) is 3.63. The third-order valence-electron chi connectivity index (χ3n) is 5.44. The molecule has 4 aromatic rings. The molecule has 0 bridgehead atoms. The predicted octanol–water partition coefficient (Wildman–Crippen LogP) is 3.96. The lowest BCUT2D eigenvalue weighted by Crippen LogP contribution is -2.31. The van der Waals surface area contributed by atoms with E-state index in [0.29, 0.717) is 0 Å². The van der Waals surface area contributed by atoms with Crippen LogP contribution in [0.3, 0.4) is 0 Å². The molecule has 29 heavy (non-hydrogen) atoms. The van der Waals surface area contributed by atoms with Crippen LogP contribution in [0.4, 0.5) is 4.39 Å². The van der Waals surface area contributed by atoms with Crippen molar-refractivity contribution in [1.82, 2.24) is 24.6 Å². The summed E-state index contributed by atoms with van der Waals surface area (Å²) in [7, 11) is 1.79. The maximum atomic E-state index is 13.7. The fraction of sp³-hybridized carbons (Fsp3) is 0.227. The van der Waals surface area contributed by atoms with Gasteiger partial charge >= 0.3 is 0 Å². The molecule has 1 N–H and O–H groups in total. The molecule has 0 saturated heterocycles. The minimum absolute atomic E-state index is 0.0221. The lowest BCUT2D eigenvalue weighted by molar-refractivity contribution is -0.131. The zero-order chi connectivity index (χ0) is 20.5. The molecule has 1 unspecified atom stereocenters. The Bertz CT molecular complexity index is 1150. The Morgan fingerprint density at radius 1 is 1.24 bits per heavy atom. The van der Waals surface area contributed by atoms with Gasteiger partial charge in [0.25, 0.3) is 0 Å². The van der Waals surface area contributed by atoms with Gasteiger partial charge in [-0.25, -0.2) is 14.1 Å². The van der Waals surface area contributed by atoms with Gasteiger partial charge in [0.2, 0.25) is 5.91 Å². The van der Waals surface area contributed by atoms with E-state index in [-0.39, 0.29) is 24.2 Å². The number of nitrogens with zero attached hydrogens (tertiary/aromatic N) is 4. The Kier molecular flexibility index (Phi) is 4.88. The fourth-order valence-corrected chi connectivity index (χ4v) is 3.55. The van der Waals surface area contributed by atoms with Gasteiger partial charge in [-0.3, -0.25) is 4.79 Å². The molecule has 0 spiro atoms. The van der Waals surface area contributed by atoms with Crippen LogP contribution in [-0.2, 0) is 11.2 Å². The Hall–Kier alpha value is -3.48. The third-order valence-corrected chi connectivity index (χ3v) is 5.44. The molecule has 0 aliphatic heterocycles. The minimum Gasteiger partial charge on any atom is -0.358 e. The number of aryl methyl sites for hydroxylation is 1. The smallest absolute Gasteiger partial charge is 0.227 e. The highest BCUT2D eigenvalue weighted by Crippen LogP contribution is 2.26. The van der Waals surface area contributed by atoms with Gasteiger partial charge in [-0.15, -0.1) is 0 Å². The number of likely N-dealkylation sites (N-methyl/N-ethyl adjacent to an activating group) is 1. The minimum atomic E-state index is -0.306. The average Bonchev–Trinajstić information content (AvgIpc) is 3.36. The van der Waals surface area contributed by atoms with Crippen molar-refractivity contribution < 1.29 is 9.18 Å². The second-order valence-corrected chi connectivity index (χ2v) is 7.21. The summed E-state index contributed by atoms with van der Waals surface area (Å²) in [6.07, 6.45) is 3.34. The maximum Gasteiger partial charge on any atom is 0.227 e. The first-order valence-electron chi connectivity index (χ1n) is 9.41. The molecule has 1 amide bonds. The number of carbonyl (C=O) groups is 1. The van der Waals surface area contributed by atoms with E-state index in [1.807, 2.05) is 38.1 Å². The van der Waals surface area contributed by atoms with Crippen LogP contribution >= 0.6 is 0 Å². The van der Waals surface area contributed by atoms with E-state index in [0.717, 1.165) is 33.4 Å². The zero-order valence-corrected chi connectivity index (χ0v) is 16.6. The second kappa shape index (κ2) is 7.50. The quantitative estimate of drug-likeness (QED) is 0.560. The van der Waals surface area contributed by atoms with E-state index in [1.165, 1.54) is 18.5 Å². The Morgan fingerprint density at radius 3 is 2.69 bits per heavy atom. The van der Waals surface area contributed by atoms with Crippen molar-refractivity contribution in [3.8, 4) is 5.69 Å². The first-order chi connectivity index (χ1) is 13.9. The number of nitrogens with one attached hydrogen (secondary N) is 1. The zero-order valence-electron chi connectivity index (χ0n) is 16.6. The Balaban J connectivity index is 1.52. The van der Waals surface area contributed by atoms with Crippen molar-refractivity contribution in [2.24, 2.45) is 0 Å². The molecule has 0 fully saturated rings. The highest BCUT2D eigenvalue weighted by molar-refractivity contribution is 5.90. The summed E-state index contributed by atoms with van der Waals surface area (Å²) in [6, 6.07) is 12.4. The highest BCUT2D eigenvalue weighted by Gasteiger charge is 2.20. The number of aromatic nitrogens is 4. The second-order valence-electron chi connectivity index (χ2n) is 7.21. The molecule has 7 heteroatoms. The van der Waals surface area contributed by atoms with Crippen molar-refractivity contribution in [2.75, 3.05) is 7.05 Å². The number of amides is 1. The molecular formula is C22H22FN5O. The van der Waals surface area contributed by atoms with Crippen LogP contribution in [0.5, 0.6) is 0 Å². The molecule has 1 atom stereocenters. The molecule has 0 aliphatic carbocycles. The van der Waals surface area contributed by atoms with Gasteiger partial charge in [-0.05, 0) is 55.3 Å². The number of hydrogen-bond donors (Lipinski definition) is 1. The SMILES string of the molecule is Cc1[nH]c2ccc(F)cc2c1CC(=O)N(C)C(C)c1ccc(-n2cncn2)cc1. The predicted molar refractivity (Wildman–Crippen MR) is 109 cm³/mol. The van der Waals surface area contributed by atoms with Crippen LogP contribution in [0, 0.1) is 12.7 Å². The van der Waals surface area contributed by atoms with Crippen LogP contribution in [0.2, 0.25) is 0 Å². The standard InChI is InChI=1S/C22H22FN5O/c1-14-19(20-10-17(23)6-9-21(20)26-14)11-22(29)27(3)15(2)16-4-7-18(8-5-16)28-13-24-12-25-28/h4-10,12-13,15,26H,11H2,1-3H3. The van der Waals surface area contributed by atoms with Crippen LogP contribution in [0.25, 0.3) is 16.6 Å². The van der Waals surface area contributed by atoms with Gasteiger partial charge in [-0.1, -0.05) is 12.1 Å². The van der Waals surface area contributed by atoms with Gasteiger partial charge in [0.1, 0.15) is 18.5 Å². The maximum absolute atomic E-state index is 13.7. The molecular weight excluding hydrogens is 369 g/mol. The summed E-state index contributed by atoms with van der Waals surface area (Å²) >= 11 is 0. The van der Waals surface area contributed by atoms with Crippen molar-refractivity contribution >= 4 is 16.8 Å². The van der Waals surface area contributed by atoms with Crippen molar-refractivity contribution in [3.05, 3.63) is 77.8 Å². The van der Waals surface area contributed by atoms with Crippen molar-refractivity contribution in [3.63, 3.8) is 0 Å². The largest absolute Gasteiger partial charge is 0.358 e. The lowest BCUT2D eigenvalue weighted by atomic mass is 10.0. The van der Waals surface area contributed by atoms with E-state index < -0.39 is 0 Å². The molecule has 6 nitrogen and oxygen atoms in total. The lowest BCUT2D eigenvalue weighted by Gasteiger charge is -2.25. The summed E-state index contributed by atoms with van der Waals surface area (Å²) < 4.78 is 15.4. The van der Waals surface area contributed by atoms with E-state index in [9.17, 15) is 9.18 Å². The van der Waals surface area contributed by atoms with Crippen LogP contribution < -0.4 is 0 Å². The van der Waals surface area contributed by atoms with Crippen molar-refractivity contribution in [2.45, 2.75) is 26.3 Å². The Labute approximate surface area is 168 Å². The van der Waals surface area contributed by atoms with Gasteiger partial charge in [0.05, 0.1) is 18.2 Å². The highest BCUT2D eigenvalue weighted by atomic mass is 19.1. The number of carbonyl (C=O) groups excluding carboxylic acids is 1. The topological polar surface area (TPSA) is 66.8 Å². The van der Waals surface area contributed by atoms with E-state index in [1.54, 1.807) is 29.0 Å². The summed E-state index contributed by atoms with van der Waals surface area (Å²) in [4.78, 5) is 21.9. The summed E-state index contributed by atoms with van der Waals surface area (Å²) in [5.41, 5.74) is 4.49. The number of H-pyrrole nitrogens is 1. The monoisotopic (exact) mass is 391 g/mol. The number of aromatic amines is 1. The number of halogens is 1. The first kappa shape index (κ1) is 18.9. The van der Waals surface area contributed by atoms with E-state index in [2.05, 4.69) is 15.1 Å². The van der Waals surface area contributed by atoms with Gasteiger partial charge < -0.3 is 9.88 Å². The number of rotatable bonds is 5. The molecule has 0 aliphatic rings. The van der Waals surface area contributed by atoms with Gasteiger partial charge in [-0.2, -0.15) is 5.10 Å². The van der Waals surface area contributed by atoms with E-state index in [4.69, 9.17) is 0 Å². The number of benzene rings is 2. The Morgan fingerprint density at radius 2 is 2.00 bits per heavy atom. The summed E-state index contributed by atoms with van der Waals surface area (Å²) in [6.45, 7) is 3.90. The summed E-state index contributed by atoms with van der Waals surface area (Å²) in [5, 5.41) is 4.88. The average molecular weight is 391 g/mol. The molecule has 2 aromatic carbocycles.